The van der Waals surface area contributed by atoms with Crippen LogP contribution in [0.2, 0.25) is 0 Å². The summed E-state index contributed by atoms with van der Waals surface area (Å²) >= 11 is 0. The van der Waals surface area contributed by atoms with Gasteiger partial charge in [-0.1, -0.05) is 30.3 Å². The topological polar surface area (TPSA) is 38.0 Å². The van der Waals surface area contributed by atoms with Gasteiger partial charge in [-0.05, 0) is 29.8 Å². The van der Waals surface area contributed by atoms with E-state index in [9.17, 15) is 0 Å². The maximum Gasteiger partial charge on any atom is 0.0400 e. The first-order chi connectivity index (χ1) is 7.34. The second kappa shape index (κ2) is 7.82. The minimum atomic E-state index is 0. The number of nitrogens with two attached hydrogens (primary N) is 1. The third kappa shape index (κ3) is 4.98. The highest BCUT2D eigenvalue weighted by Gasteiger charge is 1.92. The number of hydrogen-bond acceptors (Lipinski definition) is 2. The lowest BCUT2D eigenvalue weighted by atomic mass is 10.2. The van der Waals surface area contributed by atoms with Crippen LogP contribution >= 0.6 is 24.8 Å². The van der Waals surface area contributed by atoms with Crippen molar-refractivity contribution in [2.24, 2.45) is 0 Å². The lowest BCUT2D eigenvalue weighted by Gasteiger charge is -2.06. The summed E-state index contributed by atoms with van der Waals surface area (Å²) in [4.78, 5) is 0. The van der Waals surface area contributed by atoms with Gasteiger partial charge < -0.3 is 11.1 Å². The maximum atomic E-state index is 5.61. The molecule has 0 saturated heterocycles. The fourth-order valence-electron chi connectivity index (χ4n) is 1.40. The van der Waals surface area contributed by atoms with Crippen LogP contribution in [-0.2, 0) is 6.54 Å². The Bertz CT molecular complexity index is 415. The first kappa shape index (κ1) is 15.6. The minimum Gasteiger partial charge on any atom is -0.399 e. The van der Waals surface area contributed by atoms with E-state index in [1.165, 1.54) is 5.56 Å². The summed E-state index contributed by atoms with van der Waals surface area (Å²) in [5, 5.41) is 3.34. The van der Waals surface area contributed by atoms with Crippen molar-refractivity contribution in [1.29, 1.82) is 0 Å². The lowest BCUT2D eigenvalue weighted by Crippen LogP contribution is -1.98. The van der Waals surface area contributed by atoms with Crippen LogP contribution in [-0.4, -0.2) is 0 Å². The fourth-order valence-corrected chi connectivity index (χ4v) is 1.40. The van der Waals surface area contributed by atoms with Gasteiger partial charge in [0.15, 0.2) is 0 Å². The predicted molar refractivity (Wildman–Crippen MR) is 79.1 cm³/mol. The lowest BCUT2D eigenvalue weighted by molar-refractivity contribution is 1.15. The van der Waals surface area contributed by atoms with E-state index in [0.29, 0.717) is 0 Å². The van der Waals surface area contributed by atoms with Crippen LogP contribution < -0.4 is 11.1 Å². The molecule has 0 heterocycles. The van der Waals surface area contributed by atoms with E-state index >= 15 is 0 Å². The molecule has 3 N–H and O–H groups in total. The van der Waals surface area contributed by atoms with E-state index in [4.69, 9.17) is 5.73 Å². The zero-order chi connectivity index (χ0) is 10.5. The van der Waals surface area contributed by atoms with Crippen molar-refractivity contribution in [2.45, 2.75) is 6.54 Å². The molecule has 92 valence electrons. The first-order valence-corrected chi connectivity index (χ1v) is 4.98. The number of hydrogen-bond donors (Lipinski definition) is 2. The number of nitrogen functional groups attached to an aromatic ring is 1. The van der Waals surface area contributed by atoms with Crippen molar-refractivity contribution in [2.75, 3.05) is 11.1 Å². The first-order valence-electron chi connectivity index (χ1n) is 4.98. The van der Waals surface area contributed by atoms with E-state index in [-0.39, 0.29) is 24.8 Å². The summed E-state index contributed by atoms with van der Waals surface area (Å²) < 4.78 is 0. The van der Waals surface area contributed by atoms with Gasteiger partial charge in [-0.25, -0.2) is 0 Å². The van der Waals surface area contributed by atoms with E-state index in [2.05, 4.69) is 17.4 Å². The van der Waals surface area contributed by atoms with Crippen LogP contribution in [0.1, 0.15) is 5.56 Å². The number of nitrogens with one attached hydrogen (secondary N) is 1. The molecule has 0 aliphatic rings. The summed E-state index contributed by atoms with van der Waals surface area (Å²) in [6.45, 7) is 0.824. The molecule has 17 heavy (non-hydrogen) atoms. The van der Waals surface area contributed by atoms with Gasteiger partial charge in [-0.15, -0.1) is 24.8 Å². The molecule has 2 aromatic carbocycles. The molecule has 4 heteroatoms. The monoisotopic (exact) mass is 270 g/mol. The summed E-state index contributed by atoms with van der Waals surface area (Å²) in [5.74, 6) is 0. The second-order valence-corrected chi connectivity index (χ2v) is 3.46. The van der Waals surface area contributed by atoms with Gasteiger partial charge in [0.2, 0.25) is 0 Å². The number of halogens is 2. The zero-order valence-electron chi connectivity index (χ0n) is 9.30. The van der Waals surface area contributed by atoms with Gasteiger partial charge >= 0.3 is 0 Å². The Labute approximate surface area is 114 Å². The molecular weight excluding hydrogens is 255 g/mol. The van der Waals surface area contributed by atoms with Crippen molar-refractivity contribution in [1.82, 2.24) is 0 Å². The summed E-state index contributed by atoms with van der Waals surface area (Å²) in [5.41, 5.74) is 8.78. The average Bonchev–Trinajstić information content (AvgIpc) is 2.30. The summed E-state index contributed by atoms with van der Waals surface area (Å²) in [7, 11) is 0. The molecule has 0 aliphatic carbocycles. The van der Waals surface area contributed by atoms with Crippen molar-refractivity contribution in [3.63, 3.8) is 0 Å². The maximum absolute atomic E-state index is 5.61. The SMILES string of the molecule is Cl.Cl.Nc1ccc(CNc2ccccc2)cc1. The molecule has 0 aliphatic heterocycles. The second-order valence-electron chi connectivity index (χ2n) is 3.46. The number of benzene rings is 2. The minimum absolute atomic E-state index is 0. The van der Waals surface area contributed by atoms with E-state index < -0.39 is 0 Å². The van der Waals surface area contributed by atoms with Crippen LogP contribution in [0.25, 0.3) is 0 Å². The Balaban J connectivity index is 0.00000128. The Kier molecular flexibility index (Phi) is 7.19. The standard InChI is InChI=1S/C13H14N2.2ClH/c14-12-8-6-11(7-9-12)10-15-13-4-2-1-3-5-13;;/h1-9,15H,10,14H2;2*1H. The average molecular weight is 271 g/mol. The van der Waals surface area contributed by atoms with Crippen molar-refractivity contribution >= 4 is 36.2 Å². The zero-order valence-corrected chi connectivity index (χ0v) is 10.9. The van der Waals surface area contributed by atoms with Gasteiger partial charge in [-0.3, -0.25) is 0 Å². The Morgan fingerprint density at radius 2 is 1.41 bits per heavy atom. The highest BCUT2D eigenvalue weighted by molar-refractivity contribution is 5.85. The highest BCUT2D eigenvalue weighted by Crippen LogP contribution is 2.09. The van der Waals surface area contributed by atoms with Crippen molar-refractivity contribution < 1.29 is 0 Å². The van der Waals surface area contributed by atoms with Crippen molar-refractivity contribution in [3.05, 3.63) is 60.2 Å². The third-order valence-electron chi connectivity index (χ3n) is 2.25. The highest BCUT2D eigenvalue weighted by atomic mass is 35.5. The largest absolute Gasteiger partial charge is 0.399 e. The number of para-hydroxylation sites is 1. The third-order valence-corrected chi connectivity index (χ3v) is 2.25. The van der Waals surface area contributed by atoms with Gasteiger partial charge in [0, 0.05) is 17.9 Å². The molecule has 0 radical (unpaired) electrons. The normalized spacial score (nSPS) is 8.71. The van der Waals surface area contributed by atoms with Gasteiger partial charge in [0.05, 0.1) is 0 Å². The Morgan fingerprint density at radius 3 is 2.00 bits per heavy atom. The van der Waals surface area contributed by atoms with Crippen molar-refractivity contribution in [3.8, 4) is 0 Å². The predicted octanol–water partition coefficient (Wildman–Crippen LogP) is 3.72. The summed E-state index contributed by atoms with van der Waals surface area (Å²) in [6, 6.07) is 18.1. The van der Waals surface area contributed by atoms with Gasteiger partial charge in [0.1, 0.15) is 0 Å². The Morgan fingerprint density at radius 1 is 0.824 bits per heavy atom. The molecule has 2 nitrogen and oxygen atoms in total. The smallest absolute Gasteiger partial charge is 0.0400 e. The van der Waals surface area contributed by atoms with Crippen LogP contribution in [0.15, 0.2) is 54.6 Å². The molecule has 0 spiro atoms. The molecule has 0 fully saturated rings. The van der Waals surface area contributed by atoms with Gasteiger partial charge in [-0.2, -0.15) is 0 Å². The summed E-state index contributed by atoms with van der Waals surface area (Å²) in [6.07, 6.45) is 0. The van der Waals surface area contributed by atoms with E-state index in [0.717, 1.165) is 17.9 Å². The van der Waals surface area contributed by atoms with Crippen LogP contribution in [0.4, 0.5) is 11.4 Å². The van der Waals surface area contributed by atoms with Crippen LogP contribution in [0.5, 0.6) is 0 Å². The van der Waals surface area contributed by atoms with E-state index in [1.54, 1.807) is 0 Å². The molecular formula is C13H16Cl2N2. The Hall–Kier alpha value is -1.38. The molecule has 0 bridgehead atoms. The molecule has 0 saturated carbocycles. The molecule has 0 aromatic heterocycles. The van der Waals surface area contributed by atoms with E-state index in [1.807, 2.05) is 42.5 Å². The van der Waals surface area contributed by atoms with Crippen LogP contribution in [0.3, 0.4) is 0 Å². The molecule has 2 aromatic rings. The number of anilines is 2. The quantitative estimate of drug-likeness (QED) is 0.835. The molecule has 0 unspecified atom stereocenters. The fraction of sp³-hybridized carbons (Fsp3) is 0.0769. The van der Waals surface area contributed by atoms with Crippen LogP contribution in [0, 0.1) is 0 Å². The molecule has 0 atom stereocenters. The molecule has 2 rings (SSSR count). The van der Waals surface area contributed by atoms with Gasteiger partial charge in [0.25, 0.3) is 0 Å². The number of rotatable bonds is 3. The molecule has 0 amide bonds.